The monoisotopic (exact) mass is 236 g/mol. The number of aliphatic hydroxyl groups is 1. The zero-order valence-electron chi connectivity index (χ0n) is 10.3. The van der Waals surface area contributed by atoms with Crippen LogP contribution in [-0.4, -0.2) is 24.8 Å². The molecule has 1 N–H and O–H groups in total. The van der Waals surface area contributed by atoms with Crippen molar-refractivity contribution in [1.29, 1.82) is 0 Å². The summed E-state index contributed by atoms with van der Waals surface area (Å²) in [5.41, 5.74) is 1.28. The summed E-state index contributed by atoms with van der Waals surface area (Å²) in [5, 5.41) is 8.89. The van der Waals surface area contributed by atoms with Crippen molar-refractivity contribution in [3.8, 4) is 0 Å². The average Bonchev–Trinajstić information content (AvgIpc) is 2.38. The van der Waals surface area contributed by atoms with Crippen LogP contribution in [0.25, 0.3) is 0 Å². The molecule has 94 valence electrons. The van der Waals surface area contributed by atoms with Gasteiger partial charge in [-0.25, -0.2) is 0 Å². The van der Waals surface area contributed by atoms with Crippen LogP contribution in [0.15, 0.2) is 30.3 Å². The second-order valence-electron chi connectivity index (χ2n) is 4.11. The van der Waals surface area contributed by atoms with Gasteiger partial charge in [0.2, 0.25) is 0 Å². The van der Waals surface area contributed by atoms with Gasteiger partial charge in [0.25, 0.3) is 0 Å². The Kier molecular flexibility index (Phi) is 6.33. The van der Waals surface area contributed by atoms with Crippen LogP contribution in [-0.2, 0) is 16.0 Å². The van der Waals surface area contributed by atoms with Gasteiger partial charge in [0.1, 0.15) is 0 Å². The maximum Gasteiger partial charge on any atom is 0.308 e. The van der Waals surface area contributed by atoms with Crippen molar-refractivity contribution in [3.63, 3.8) is 0 Å². The Morgan fingerprint density at radius 2 is 2.00 bits per heavy atom. The summed E-state index contributed by atoms with van der Waals surface area (Å²) < 4.78 is 4.72. The SMILES string of the molecule is COC(=O)[C@@H](CCO)CCCc1ccccc1. The number of rotatable bonds is 7. The summed E-state index contributed by atoms with van der Waals surface area (Å²) >= 11 is 0. The number of methoxy groups -OCH3 is 1. The van der Waals surface area contributed by atoms with E-state index >= 15 is 0 Å². The fraction of sp³-hybridized carbons (Fsp3) is 0.500. The van der Waals surface area contributed by atoms with E-state index in [-0.39, 0.29) is 18.5 Å². The van der Waals surface area contributed by atoms with Gasteiger partial charge in [0.15, 0.2) is 0 Å². The molecule has 0 aliphatic rings. The molecule has 0 saturated heterocycles. The molecule has 1 aromatic rings. The molecule has 0 bridgehead atoms. The number of hydrogen-bond donors (Lipinski definition) is 1. The number of ether oxygens (including phenoxy) is 1. The molecule has 0 aliphatic heterocycles. The van der Waals surface area contributed by atoms with Crippen molar-refractivity contribution >= 4 is 5.97 Å². The first-order chi connectivity index (χ1) is 8.27. The Morgan fingerprint density at radius 1 is 1.29 bits per heavy atom. The molecule has 1 aromatic carbocycles. The maximum atomic E-state index is 11.4. The molecule has 3 nitrogen and oxygen atoms in total. The Hall–Kier alpha value is -1.35. The number of carbonyl (C=O) groups excluding carboxylic acids is 1. The van der Waals surface area contributed by atoms with Crippen LogP contribution in [0, 0.1) is 5.92 Å². The van der Waals surface area contributed by atoms with Gasteiger partial charge >= 0.3 is 5.97 Å². The summed E-state index contributed by atoms with van der Waals surface area (Å²) in [4.78, 5) is 11.4. The number of aliphatic hydroxyl groups excluding tert-OH is 1. The van der Waals surface area contributed by atoms with Gasteiger partial charge in [-0.3, -0.25) is 4.79 Å². The molecule has 0 aromatic heterocycles. The first-order valence-electron chi connectivity index (χ1n) is 6.00. The largest absolute Gasteiger partial charge is 0.469 e. The molecular weight excluding hydrogens is 216 g/mol. The fourth-order valence-electron chi connectivity index (χ4n) is 1.90. The first kappa shape index (κ1) is 13.7. The summed E-state index contributed by atoms with van der Waals surface area (Å²) in [6.45, 7) is 0.0328. The van der Waals surface area contributed by atoms with Crippen LogP contribution in [0.5, 0.6) is 0 Å². The van der Waals surface area contributed by atoms with Gasteiger partial charge < -0.3 is 9.84 Å². The molecule has 0 saturated carbocycles. The molecule has 17 heavy (non-hydrogen) atoms. The van der Waals surface area contributed by atoms with Gasteiger partial charge in [0, 0.05) is 6.61 Å². The van der Waals surface area contributed by atoms with E-state index in [1.807, 2.05) is 18.2 Å². The van der Waals surface area contributed by atoms with Crippen molar-refractivity contribution in [2.45, 2.75) is 25.7 Å². The van der Waals surface area contributed by atoms with Crippen LogP contribution in [0.3, 0.4) is 0 Å². The molecule has 1 rings (SSSR count). The summed E-state index contributed by atoms with van der Waals surface area (Å²) in [6, 6.07) is 10.2. The molecular formula is C14H20O3. The second kappa shape index (κ2) is 7.85. The topological polar surface area (TPSA) is 46.5 Å². The lowest BCUT2D eigenvalue weighted by molar-refractivity contribution is -0.146. The van der Waals surface area contributed by atoms with Crippen LogP contribution in [0.1, 0.15) is 24.8 Å². The Bertz CT molecular complexity index is 321. The van der Waals surface area contributed by atoms with Crippen molar-refractivity contribution in [3.05, 3.63) is 35.9 Å². The lowest BCUT2D eigenvalue weighted by Gasteiger charge is -2.12. The van der Waals surface area contributed by atoms with Crippen LogP contribution >= 0.6 is 0 Å². The van der Waals surface area contributed by atoms with Crippen molar-refractivity contribution < 1.29 is 14.6 Å². The Morgan fingerprint density at radius 3 is 2.59 bits per heavy atom. The molecule has 0 amide bonds. The Labute approximate surface area is 102 Å². The van der Waals surface area contributed by atoms with Gasteiger partial charge in [-0.05, 0) is 31.2 Å². The zero-order valence-corrected chi connectivity index (χ0v) is 10.3. The quantitative estimate of drug-likeness (QED) is 0.738. The molecule has 0 heterocycles. The van der Waals surface area contributed by atoms with E-state index in [4.69, 9.17) is 9.84 Å². The molecule has 0 unspecified atom stereocenters. The summed E-state index contributed by atoms with van der Waals surface area (Å²) in [6.07, 6.45) is 3.15. The second-order valence-corrected chi connectivity index (χ2v) is 4.11. The van der Waals surface area contributed by atoms with Crippen LogP contribution in [0.2, 0.25) is 0 Å². The van der Waals surface area contributed by atoms with Crippen molar-refractivity contribution in [1.82, 2.24) is 0 Å². The van der Waals surface area contributed by atoms with Gasteiger partial charge in [0.05, 0.1) is 13.0 Å². The van der Waals surface area contributed by atoms with Gasteiger partial charge in [-0.1, -0.05) is 30.3 Å². The van der Waals surface area contributed by atoms with E-state index in [1.165, 1.54) is 12.7 Å². The molecule has 3 heteroatoms. The maximum absolute atomic E-state index is 11.4. The highest BCUT2D eigenvalue weighted by atomic mass is 16.5. The van der Waals surface area contributed by atoms with Gasteiger partial charge in [-0.15, -0.1) is 0 Å². The van der Waals surface area contributed by atoms with Gasteiger partial charge in [-0.2, -0.15) is 0 Å². The minimum Gasteiger partial charge on any atom is -0.469 e. The highest BCUT2D eigenvalue weighted by Gasteiger charge is 2.17. The summed E-state index contributed by atoms with van der Waals surface area (Å²) in [7, 11) is 1.39. The third-order valence-corrected chi connectivity index (χ3v) is 2.87. The minimum atomic E-state index is -0.216. The summed E-state index contributed by atoms with van der Waals surface area (Å²) in [5.74, 6) is -0.388. The fourth-order valence-corrected chi connectivity index (χ4v) is 1.90. The van der Waals surface area contributed by atoms with Crippen molar-refractivity contribution in [2.75, 3.05) is 13.7 Å². The smallest absolute Gasteiger partial charge is 0.308 e. The normalized spacial score (nSPS) is 12.1. The molecule has 0 fully saturated rings. The number of carbonyl (C=O) groups is 1. The molecule has 0 radical (unpaired) electrons. The predicted molar refractivity (Wildman–Crippen MR) is 66.6 cm³/mol. The zero-order chi connectivity index (χ0) is 12.5. The van der Waals surface area contributed by atoms with E-state index in [0.717, 1.165) is 19.3 Å². The molecule has 1 atom stereocenters. The third kappa shape index (κ3) is 5.00. The third-order valence-electron chi connectivity index (χ3n) is 2.87. The predicted octanol–water partition coefficient (Wildman–Crippen LogP) is 2.18. The van der Waals surface area contributed by atoms with E-state index in [1.54, 1.807) is 0 Å². The number of aryl methyl sites for hydroxylation is 1. The standard InChI is InChI=1S/C14H20O3/c1-17-14(16)13(10-11-15)9-5-8-12-6-3-2-4-7-12/h2-4,6-7,13,15H,5,8-11H2,1H3/t13-/m1/s1. The van der Waals surface area contributed by atoms with E-state index in [2.05, 4.69) is 12.1 Å². The van der Waals surface area contributed by atoms with Crippen LogP contribution < -0.4 is 0 Å². The number of hydrogen-bond acceptors (Lipinski definition) is 3. The van der Waals surface area contributed by atoms with E-state index in [0.29, 0.717) is 6.42 Å². The number of esters is 1. The molecule has 0 aliphatic carbocycles. The van der Waals surface area contributed by atoms with Crippen LogP contribution in [0.4, 0.5) is 0 Å². The minimum absolute atomic E-state index is 0.0328. The first-order valence-corrected chi connectivity index (χ1v) is 6.00. The lowest BCUT2D eigenvalue weighted by Crippen LogP contribution is -2.17. The highest BCUT2D eigenvalue weighted by molar-refractivity contribution is 5.72. The highest BCUT2D eigenvalue weighted by Crippen LogP contribution is 2.15. The number of benzene rings is 1. The van der Waals surface area contributed by atoms with Crippen molar-refractivity contribution in [2.24, 2.45) is 5.92 Å². The average molecular weight is 236 g/mol. The Balaban J connectivity index is 2.34. The van der Waals surface area contributed by atoms with E-state index in [9.17, 15) is 4.79 Å². The lowest BCUT2D eigenvalue weighted by atomic mass is 9.97. The molecule has 0 spiro atoms. The van der Waals surface area contributed by atoms with E-state index < -0.39 is 0 Å².